The maximum atomic E-state index is 10.8. The Balaban J connectivity index is 2.06. The van der Waals surface area contributed by atoms with Gasteiger partial charge in [-0.05, 0) is 48.0 Å². The predicted molar refractivity (Wildman–Crippen MR) is 81.4 cm³/mol. The number of halogens is 1. The Hall–Kier alpha value is -2.01. The number of hydrogen-bond acceptors (Lipinski definition) is 3. The molecule has 0 heterocycles. The molecule has 2 aromatic rings. The summed E-state index contributed by atoms with van der Waals surface area (Å²) in [6.07, 6.45) is 0. The van der Waals surface area contributed by atoms with E-state index in [1.165, 1.54) is 0 Å². The predicted octanol–water partition coefficient (Wildman–Crippen LogP) is 3.77. The highest BCUT2D eigenvalue weighted by molar-refractivity contribution is 9.10. The minimum absolute atomic E-state index is 0.276. The lowest BCUT2D eigenvalue weighted by Crippen LogP contribution is -2.02. The highest BCUT2D eigenvalue weighted by Gasteiger charge is 2.04. The van der Waals surface area contributed by atoms with Crippen LogP contribution < -0.4 is 10.1 Å². The molecule has 5 heteroatoms. The van der Waals surface area contributed by atoms with Crippen LogP contribution in [0, 0.1) is 0 Å². The van der Waals surface area contributed by atoms with E-state index in [0.717, 1.165) is 21.5 Å². The number of anilines is 1. The standard InChI is InChI=1S/C15H14BrNO3/c1-20-13-6-7-14(16)11(8-13)9-17-12-4-2-10(3-5-12)15(18)19/h2-8,17H,9H2,1H3,(H,18,19). The van der Waals surface area contributed by atoms with Crippen molar-refractivity contribution in [3.05, 3.63) is 58.1 Å². The Labute approximate surface area is 125 Å². The molecule has 0 atom stereocenters. The van der Waals surface area contributed by atoms with Gasteiger partial charge in [0.2, 0.25) is 0 Å². The molecule has 0 aliphatic heterocycles. The van der Waals surface area contributed by atoms with E-state index in [9.17, 15) is 4.79 Å². The van der Waals surface area contributed by atoms with Gasteiger partial charge >= 0.3 is 5.97 Å². The van der Waals surface area contributed by atoms with Crippen LogP contribution in [-0.4, -0.2) is 18.2 Å². The van der Waals surface area contributed by atoms with Crippen LogP contribution in [0.1, 0.15) is 15.9 Å². The van der Waals surface area contributed by atoms with E-state index in [1.807, 2.05) is 18.2 Å². The van der Waals surface area contributed by atoms with Gasteiger partial charge in [0.05, 0.1) is 12.7 Å². The molecule has 0 unspecified atom stereocenters. The second-order valence-corrected chi connectivity index (χ2v) is 5.05. The van der Waals surface area contributed by atoms with Crippen molar-refractivity contribution in [2.45, 2.75) is 6.54 Å². The summed E-state index contributed by atoms with van der Waals surface area (Å²) < 4.78 is 6.18. The average Bonchev–Trinajstić information content (AvgIpc) is 2.47. The van der Waals surface area contributed by atoms with Gasteiger partial charge in [0.1, 0.15) is 5.75 Å². The first-order valence-electron chi connectivity index (χ1n) is 6.00. The van der Waals surface area contributed by atoms with Gasteiger partial charge < -0.3 is 15.2 Å². The Kier molecular flexibility index (Phi) is 4.63. The van der Waals surface area contributed by atoms with Crippen molar-refractivity contribution >= 4 is 27.6 Å². The summed E-state index contributed by atoms with van der Waals surface area (Å²) in [7, 11) is 1.63. The van der Waals surface area contributed by atoms with Crippen LogP contribution in [0.2, 0.25) is 0 Å². The van der Waals surface area contributed by atoms with Crippen LogP contribution in [0.5, 0.6) is 5.75 Å². The van der Waals surface area contributed by atoms with Gasteiger partial charge in [-0.2, -0.15) is 0 Å². The molecule has 0 saturated carbocycles. The zero-order chi connectivity index (χ0) is 14.5. The van der Waals surface area contributed by atoms with Gasteiger partial charge in [-0.15, -0.1) is 0 Å². The molecule has 0 aliphatic rings. The highest BCUT2D eigenvalue weighted by Crippen LogP contribution is 2.23. The third kappa shape index (κ3) is 3.51. The molecule has 104 valence electrons. The molecular weight excluding hydrogens is 322 g/mol. The third-order valence-corrected chi connectivity index (χ3v) is 3.64. The average molecular weight is 336 g/mol. The minimum Gasteiger partial charge on any atom is -0.497 e. The summed E-state index contributed by atoms with van der Waals surface area (Å²) >= 11 is 3.49. The zero-order valence-electron chi connectivity index (χ0n) is 10.9. The fourth-order valence-corrected chi connectivity index (χ4v) is 2.13. The topological polar surface area (TPSA) is 58.6 Å². The molecular formula is C15H14BrNO3. The van der Waals surface area contributed by atoms with E-state index in [1.54, 1.807) is 31.4 Å². The second-order valence-electron chi connectivity index (χ2n) is 4.19. The van der Waals surface area contributed by atoms with Crippen LogP contribution in [0.4, 0.5) is 5.69 Å². The molecule has 0 amide bonds. The second kappa shape index (κ2) is 6.43. The van der Waals surface area contributed by atoms with E-state index in [2.05, 4.69) is 21.2 Å². The normalized spacial score (nSPS) is 10.1. The third-order valence-electron chi connectivity index (χ3n) is 2.87. The monoisotopic (exact) mass is 335 g/mol. The number of ether oxygens (including phenoxy) is 1. The van der Waals surface area contributed by atoms with Crippen molar-refractivity contribution in [3.8, 4) is 5.75 Å². The summed E-state index contributed by atoms with van der Waals surface area (Å²) in [5.74, 6) is -0.127. The number of rotatable bonds is 5. The SMILES string of the molecule is COc1ccc(Br)c(CNc2ccc(C(=O)O)cc2)c1. The van der Waals surface area contributed by atoms with Crippen LogP contribution in [-0.2, 0) is 6.54 Å². The minimum atomic E-state index is -0.924. The number of carboxylic acid groups (broad SMARTS) is 1. The molecule has 20 heavy (non-hydrogen) atoms. The molecule has 0 aliphatic carbocycles. The molecule has 0 fully saturated rings. The molecule has 0 aromatic heterocycles. The first-order chi connectivity index (χ1) is 9.60. The van der Waals surface area contributed by atoms with Crippen molar-refractivity contribution < 1.29 is 14.6 Å². The summed E-state index contributed by atoms with van der Waals surface area (Å²) in [5.41, 5.74) is 2.20. The summed E-state index contributed by atoms with van der Waals surface area (Å²) in [4.78, 5) is 10.8. The van der Waals surface area contributed by atoms with E-state index in [-0.39, 0.29) is 5.56 Å². The fourth-order valence-electron chi connectivity index (χ4n) is 1.74. The van der Waals surface area contributed by atoms with E-state index < -0.39 is 5.97 Å². The first-order valence-corrected chi connectivity index (χ1v) is 6.79. The van der Waals surface area contributed by atoms with Crippen molar-refractivity contribution in [2.75, 3.05) is 12.4 Å². The number of carbonyl (C=O) groups is 1. The number of carboxylic acids is 1. The number of methoxy groups -OCH3 is 1. The Bertz CT molecular complexity index is 611. The lowest BCUT2D eigenvalue weighted by Gasteiger charge is -2.10. The van der Waals surface area contributed by atoms with Crippen molar-refractivity contribution in [2.24, 2.45) is 0 Å². The van der Waals surface area contributed by atoms with Crippen molar-refractivity contribution in [3.63, 3.8) is 0 Å². The Morgan fingerprint density at radius 2 is 1.95 bits per heavy atom. The summed E-state index contributed by atoms with van der Waals surface area (Å²) in [6, 6.07) is 12.4. The lowest BCUT2D eigenvalue weighted by molar-refractivity contribution is 0.0697. The number of nitrogens with one attached hydrogen (secondary N) is 1. The maximum absolute atomic E-state index is 10.8. The molecule has 0 saturated heterocycles. The quantitative estimate of drug-likeness (QED) is 0.873. The van der Waals surface area contributed by atoms with E-state index in [0.29, 0.717) is 6.54 Å². The van der Waals surface area contributed by atoms with E-state index >= 15 is 0 Å². The highest BCUT2D eigenvalue weighted by atomic mass is 79.9. The number of aromatic carboxylic acids is 1. The molecule has 2 N–H and O–H groups in total. The van der Waals surface area contributed by atoms with Gasteiger partial charge in [-0.25, -0.2) is 4.79 Å². The first kappa shape index (κ1) is 14.4. The largest absolute Gasteiger partial charge is 0.497 e. The van der Waals surface area contributed by atoms with Crippen LogP contribution in [0.25, 0.3) is 0 Å². The van der Waals surface area contributed by atoms with Gasteiger partial charge in [0, 0.05) is 16.7 Å². The molecule has 0 radical (unpaired) electrons. The van der Waals surface area contributed by atoms with Crippen LogP contribution >= 0.6 is 15.9 Å². The lowest BCUT2D eigenvalue weighted by atomic mass is 10.2. The molecule has 0 bridgehead atoms. The van der Waals surface area contributed by atoms with Gasteiger partial charge in [-0.1, -0.05) is 15.9 Å². The summed E-state index contributed by atoms with van der Waals surface area (Å²) in [5, 5.41) is 12.1. The molecule has 2 aromatic carbocycles. The summed E-state index contributed by atoms with van der Waals surface area (Å²) in [6.45, 7) is 0.615. The van der Waals surface area contributed by atoms with Crippen LogP contribution in [0.15, 0.2) is 46.9 Å². The van der Waals surface area contributed by atoms with Crippen molar-refractivity contribution in [1.82, 2.24) is 0 Å². The smallest absolute Gasteiger partial charge is 0.335 e. The van der Waals surface area contributed by atoms with Gasteiger partial charge in [-0.3, -0.25) is 0 Å². The maximum Gasteiger partial charge on any atom is 0.335 e. The molecule has 2 rings (SSSR count). The number of hydrogen-bond donors (Lipinski definition) is 2. The van der Waals surface area contributed by atoms with Crippen LogP contribution in [0.3, 0.4) is 0 Å². The Morgan fingerprint density at radius 3 is 2.55 bits per heavy atom. The van der Waals surface area contributed by atoms with E-state index in [4.69, 9.17) is 9.84 Å². The van der Waals surface area contributed by atoms with Gasteiger partial charge in [0.15, 0.2) is 0 Å². The fraction of sp³-hybridized carbons (Fsp3) is 0.133. The molecule has 4 nitrogen and oxygen atoms in total. The van der Waals surface area contributed by atoms with Crippen molar-refractivity contribution in [1.29, 1.82) is 0 Å². The molecule has 0 spiro atoms. The number of benzene rings is 2. The van der Waals surface area contributed by atoms with Gasteiger partial charge in [0.25, 0.3) is 0 Å². The zero-order valence-corrected chi connectivity index (χ0v) is 12.5. The Morgan fingerprint density at radius 1 is 1.25 bits per heavy atom.